The lowest BCUT2D eigenvalue weighted by Crippen LogP contribution is -2.39. The first-order valence-corrected chi connectivity index (χ1v) is 22.2. The van der Waals surface area contributed by atoms with Gasteiger partial charge in [-0.05, 0) is 77.8 Å². The van der Waals surface area contributed by atoms with Crippen LogP contribution in [-0.2, 0) is 23.8 Å². The molecule has 0 bridgehead atoms. The van der Waals surface area contributed by atoms with Crippen LogP contribution in [0.5, 0.6) is 0 Å². The molecule has 0 aliphatic heterocycles. The third-order valence-electron chi connectivity index (χ3n) is 9.73. The molecule has 0 rings (SSSR count). The van der Waals surface area contributed by atoms with Gasteiger partial charge >= 0.3 is 18.0 Å². The first kappa shape index (κ1) is 50.6. The number of unbranched alkanes of at least 4 members (excludes halogenated alkanes) is 22. The summed E-state index contributed by atoms with van der Waals surface area (Å²) in [5.74, 6) is -0.633. The molecule has 0 heterocycles. The average molecular weight is 749 g/mol. The van der Waals surface area contributed by atoms with Crippen LogP contribution in [-0.4, -0.2) is 68.9 Å². The monoisotopic (exact) mass is 749 g/mol. The van der Waals surface area contributed by atoms with Crippen molar-refractivity contribution >= 4 is 18.0 Å². The lowest BCUT2D eigenvalue weighted by molar-refractivity contribution is -0.158. The summed E-state index contributed by atoms with van der Waals surface area (Å²) in [4.78, 5) is 39.4. The maximum Gasteiger partial charge on any atom is 0.407 e. The van der Waals surface area contributed by atoms with Crippen molar-refractivity contribution in [2.24, 2.45) is 0 Å². The average Bonchev–Trinajstić information content (AvgIpc) is 3.15. The first-order chi connectivity index (χ1) is 25.9. The predicted molar refractivity (Wildman–Crippen MR) is 222 cm³/mol. The van der Waals surface area contributed by atoms with E-state index in [0.717, 1.165) is 64.3 Å². The first-order valence-electron chi connectivity index (χ1n) is 22.2. The number of carbonyl (C=O) groups excluding carboxylic acids is 3. The van der Waals surface area contributed by atoms with Crippen LogP contribution in [0.2, 0.25) is 0 Å². The van der Waals surface area contributed by atoms with Crippen LogP contribution in [0.1, 0.15) is 201 Å². The highest BCUT2D eigenvalue weighted by molar-refractivity contribution is 5.70. The van der Waals surface area contributed by atoms with E-state index in [9.17, 15) is 14.4 Å². The van der Waals surface area contributed by atoms with E-state index in [0.29, 0.717) is 19.4 Å². The maximum atomic E-state index is 12.7. The third kappa shape index (κ3) is 39.2. The number of esters is 2. The molecule has 53 heavy (non-hydrogen) atoms. The van der Waals surface area contributed by atoms with Crippen molar-refractivity contribution in [1.29, 1.82) is 0 Å². The Kier molecular flexibility index (Phi) is 39.0. The van der Waals surface area contributed by atoms with Crippen molar-refractivity contribution in [3.8, 4) is 0 Å². The topological polar surface area (TPSA) is 94.2 Å². The second-order valence-electron chi connectivity index (χ2n) is 14.9. The number of rotatable bonds is 39. The Morgan fingerprint density at radius 1 is 0.547 bits per heavy atom. The van der Waals surface area contributed by atoms with Gasteiger partial charge < -0.3 is 24.4 Å². The zero-order chi connectivity index (χ0) is 38.9. The minimum Gasteiger partial charge on any atom is -0.462 e. The molecule has 1 amide bonds. The molecule has 0 aliphatic rings. The van der Waals surface area contributed by atoms with Crippen LogP contribution < -0.4 is 5.32 Å². The van der Waals surface area contributed by atoms with E-state index < -0.39 is 12.2 Å². The van der Waals surface area contributed by atoms with E-state index in [1.807, 2.05) is 18.9 Å². The molecule has 1 N–H and O–H groups in total. The van der Waals surface area contributed by atoms with Gasteiger partial charge in [-0.1, -0.05) is 148 Å². The summed E-state index contributed by atoms with van der Waals surface area (Å²) in [6.07, 6.45) is 39.8. The largest absolute Gasteiger partial charge is 0.462 e. The lowest BCUT2D eigenvalue weighted by atomic mass is 10.1. The van der Waals surface area contributed by atoms with Gasteiger partial charge in [-0.3, -0.25) is 9.59 Å². The van der Waals surface area contributed by atoms with Gasteiger partial charge in [0.1, 0.15) is 13.2 Å². The van der Waals surface area contributed by atoms with Gasteiger partial charge in [-0.2, -0.15) is 0 Å². The molecule has 0 spiro atoms. The SMILES string of the molecule is CCCCCCCCC=CCCCCCCCC(=O)OCC(CNC(=O)OCCN(C)CC)OC(=O)CCCCCCCC=CCCCCCCCC. The molecule has 0 aliphatic carbocycles. The molecule has 0 aromatic rings. The van der Waals surface area contributed by atoms with Crippen LogP contribution in [0.3, 0.4) is 0 Å². The number of carbonyl (C=O) groups is 3. The van der Waals surface area contributed by atoms with Gasteiger partial charge in [0.15, 0.2) is 6.10 Å². The van der Waals surface area contributed by atoms with Crippen molar-refractivity contribution in [2.75, 3.05) is 39.9 Å². The number of alkyl carbamates (subject to hydrolysis) is 1. The molecule has 1 atom stereocenters. The molecule has 0 radical (unpaired) electrons. The van der Waals surface area contributed by atoms with Crippen LogP contribution in [0.15, 0.2) is 24.3 Å². The number of nitrogens with zero attached hydrogens (tertiary/aromatic N) is 1. The summed E-state index contributed by atoms with van der Waals surface area (Å²) in [7, 11) is 1.96. The maximum absolute atomic E-state index is 12.7. The molecule has 8 nitrogen and oxygen atoms in total. The van der Waals surface area contributed by atoms with Crippen LogP contribution in [0.25, 0.3) is 0 Å². The molecular formula is C45H84N2O6. The van der Waals surface area contributed by atoms with Crippen molar-refractivity contribution in [3.63, 3.8) is 0 Å². The highest BCUT2D eigenvalue weighted by atomic mass is 16.6. The fraction of sp³-hybridized carbons (Fsp3) is 0.844. The number of nitrogens with one attached hydrogen (secondary N) is 1. The van der Waals surface area contributed by atoms with E-state index in [4.69, 9.17) is 14.2 Å². The van der Waals surface area contributed by atoms with Gasteiger partial charge in [0.2, 0.25) is 0 Å². The molecule has 0 saturated carbocycles. The fourth-order valence-electron chi connectivity index (χ4n) is 6.02. The minimum absolute atomic E-state index is 0.0290. The smallest absolute Gasteiger partial charge is 0.407 e. The fourth-order valence-corrected chi connectivity index (χ4v) is 6.02. The van der Waals surface area contributed by atoms with Crippen LogP contribution in [0, 0.1) is 0 Å². The normalized spacial score (nSPS) is 12.2. The van der Waals surface area contributed by atoms with Crippen molar-refractivity contribution in [3.05, 3.63) is 24.3 Å². The Hall–Kier alpha value is -2.35. The van der Waals surface area contributed by atoms with Crippen molar-refractivity contribution in [2.45, 2.75) is 207 Å². The molecule has 8 heteroatoms. The summed E-state index contributed by atoms with van der Waals surface area (Å²) in [5, 5.41) is 2.67. The number of likely N-dealkylation sites (N-methyl/N-ethyl adjacent to an activating group) is 1. The summed E-state index contributed by atoms with van der Waals surface area (Å²) in [6.45, 7) is 8.26. The van der Waals surface area contributed by atoms with Gasteiger partial charge in [-0.15, -0.1) is 0 Å². The van der Waals surface area contributed by atoms with Crippen LogP contribution in [0.4, 0.5) is 4.79 Å². The Bertz CT molecular complexity index is 892. The zero-order valence-electron chi connectivity index (χ0n) is 35.1. The molecule has 0 aromatic carbocycles. The number of ether oxygens (including phenoxy) is 3. The van der Waals surface area contributed by atoms with Crippen molar-refractivity contribution < 1.29 is 28.6 Å². The van der Waals surface area contributed by atoms with Gasteiger partial charge in [0, 0.05) is 19.4 Å². The molecular weight excluding hydrogens is 665 g/mol. The summed E-state index contributed by atoms with van der Waals surface area (Å²) in [5.41, 5.74) is 0. The number of amides is 1. The molecule has 0 aromatic heterocycles. The number of allylic oxidation sites excluding steroid dienone is 4. The quantitative estimate of drug-likeness (QED) is 0.0289. The molecule has 0 saturated heterocycles. The summed E-state index contributed by atoms with van der Waals surface area (Å²) in [6, 6.07) is 0. The third-order valence-corrected chi connectivity index (χ3v) is 9.73. The van der Waals surface area contributed by atoms with Gasteiger partial charge in [-0.25, -0.2) is 4.79 Å². The Morgan fingerprint density at radius 3 is 1.42 bits per heavy atom. The standard InChI is InChI=1S/C45H84N2O6/c1-5-8-10-12-14-16-18-20-22-24-26-28-30-32-34-36-43(48)52-41-42(40-46-45(50)51-39-38-47(4)7-3)53-44(49)37-35-33-31-29-27-25-23-21-19-17-15-13-11-9-6-2/h20-23,42H,5-19,24-41H2,1-4H3,(H,46,50). The van der Waals surface area contributed by atoms with E-state index in [1.54, 1.807) is 0 Å². The van der Waals surface area contributed by atoms with E-state index in [1.165, 1.54) is 109 Å². The Balaban J connectivity index is 4.26. The number of hydrogen-bond acceptors (Lipinski definition) is 7. The van der Waals surface area contributed by atoms with E-state index in [2.05, 4.69) is 43.5 Å². The molecule has 1 unspecified atom stereocenters. The molecule has 310 valence electrons. The Morgan fingerprint density at radius 2 is 0.962 bits per heavy atom. The second-order valence-corrected chi connectivity index (χ2v) is 14.9. The lowest BCUT2D eigenvalue weighted by Gasteiger charge is -2.19. The van der Waals surface area contributed by atoms with Gasteiger partial charge in [0.05, 0.1) is 6.54 Å². The second kappa shape index (κ2) is 40.8. The van der Waals surface area contributed by atoms with E-state index >= 15 is 0 Å². The molecule has 0 fully saturated rings. The number of hydrogen-bond donors (Lipinski definition) is 1. The summed E-state index contributed by atoms with van der Waals surface area (Å²) >= 11 is 0. The summed E-state index contributed by atoms with van der Waals surface area (Å²) < 4.78 is 16.4. The zero-order valence-corrected chi connectivity index (χ0v) is 35.1. The highest BCUT2D eigenvalue weighted by Gasteiger charge is 2.19. The minimum atomic E-state index is -0.755. The Labute approximate surface area is 327 Å². The van der Waals surface area contributed by atoms with Gasteiger partial charge in [0.25, 0.3) is 0 Å². The predicted octanol–water partition coefficient (Wildman–Crippen LogP) is 12.2. The van der Waals surface area contributed by atoms with Crippen LogP contribution >= 0.6 is 0 Å². The highest BCUT2D eigenvalue weighted by Crippen LogP contribution is 2.13. The van der Waals surface area contributed by atoms with Crippen molar-refractivity contribution in [1.82, 2.24) is 10.2 Å². The van der Waals surface area contributed by atoms with E-state index in [-0.39, 0.29) is 31.7 Å².